The van der Waals surface area contributed by atoms with E-state index >= 15 is 0 Å². The number of halogens is 2. The van der Waals surface area contributed by atoms with E-state index in [4.69, 9.17) is 4.74 Å². The maximum atomic E-state index is 13.8. The Bertz CT molecular complexity index is 613. The van der Waals surface area contributed by atoms with E-state index in [1.54, 1.807) is 18.2 Å². The molecule has 2 rings (SSSR count). The summed E-state index contributed by atoms with van der Waals surface area (Å²) >= 11 is 0. The molecule has 0 radical (unpaired) electrons. The van der Waals surface area contributed by atoms with Crippen molar-refractivity contribution in [2.45, 2.75) is 19.9 Å². The van der Waals surface area contributed by atoms with Crippen molar-refractivity contribution in [2.75, 3.05) is 12.4 Å². The summed E-state index contributed by atoms with van der Waals surface area (Å²) in [5, 5.41) is 3.07. The molecule has 0 aliphatic carbocycles. The Kier molecular flexibility index (Phi) is 4.23. The molecule has 0 heterocycles. The fourth-order valence-corrected chi connectivity index (χ4v) is 2.00. The summed E-state index contributed by atoms with van der Waals surface area (Å²) < 4.78 is 32.1. The fraction of sp³-hybridized carbons (Fsp3) is 0.250. The van der Waals surface area contributed by atoms with Gasteiger partial charge in [0.05, 0.1) is 12.8 Å². The zero-order chi connectivity index (χ0) is 14.7. The van der Waals surface area contributed by atoms with E-state index in [1.807, 2.05) is 19.9 Å². The summed E-state index contributed by atoms with van der Waals surface area (Å²) in [6.45, 7) is 3.72. The van der Waals surface area contributed by atoms with Crippen molar-refractivity contribution < 1.29 is 13.5 Å². The van der Waals surface area contributed by atoms with Crippen molar-refractivity contribution in [1.29, 1.82) is 0 Å². The number of ether oxygens (including phenoxy) is 1. The van der Waals surface area contributed by atoms with E-state index in [9.17, 15) is 8.78 Å². The predicted molar refractivity (Wildman–Crippen MR) is 76.1 cm³/mol. The van der Waals surface area contributed by atoms with Gasteiger partial charge in [-0.05, 0) is 49.2 Å². The first-order valence-electron chi connectivity index (χ1n) is 6.37. The van der Waals surface area contributed by atoms with Crippen LogP contribution in [0, 0.1) is 18.6 Å². The molecule has 2 nitrogen and oxygen atoms in total. The highest BCUT2D eigenvalue weighted by molar-refractivity contribution is 5.48. The summed E-state index contributed by atoms with van der Waals surface area (Å²) in [6, 6.07) is 9.45. The molecule has 0 amide bonds. The van der Waals surface area contributed by atoms with Gasteiger partial charge in [-0.15, -0.1) is 0 Å². The second-order valence-corrected chi connectivity index (χ2v) is 4.74. The number of methoxy groups -OCH3 is 1. The lowest BCUT2D eigenvalue weighted by Gasteiger charge is -2.17. The molecule has 0 aliphatic rings. The van der Waals surface area contributed by atoms with E-state index in [1.165, 1.54) is 19.2 Å². The van der Waals surface area contributed by atoms with Crippen molar-refractivity contribution in [1.82, 2.24) is 0 Å². The lowest BCUT2D eigenvalue weighted by atomic mass is 10.1. The van der Waals surface area contributed by atoms with Crippen molar-refractivity contribution >= 4 is 5.69 Å². The van der Waals surface area contributed by atoms with Gasteiger partial charge in [-0.2, -0.15) is 0 Å². The molecule has 0 spiro atoms. The van der Waals surface area contributed by atoms with Crippen LogP contribution in [0.2, 0.25) is 0 Å². The number of nitrogens with one attached hydrogen (secondary N) is 1. The lowest BCUT2D eigenvalue weighted by Crippen LogP contribution is -2.08. The molecule has 1 atom stereocenters. The molecule has 1 unspecified atom stereocenters. The van der Waals surface area contributed by atoms with Crippen LogP contribution in [0.1, 0.15) is 24.1 Å². The minimum absolute atomic E-state index is 0.165. The van der Waals surface area contributed by atoms with E-state index in [0.29, 0.717) is 5.69 Å². The van der Waals surface area contributed by atoms with Crippen molar-refractivity contribution in [3.63, 3.8) is 0 Å². The molecule has 2 aromatic rings. The smallest absolute Gasteiger partial charge is 0.165 e. The Balaban J connectivity index is 2.21. The molecule has 2 aromatic carbocycles. The Labute approximate surface area is 117 Å². The summed E-state index contributed by atoms with van der Waals surface area (Å²) in [5.41, 5.74) is 2.11. The fourth-order valence-electron chi connectivity index (χ4n) is 2.00. The number of hydrogen-bond donors (Lipinski definition) is 1. The maximum Gasteiger partial charge on any atom is 0.165 e. The highest BCUT2D eigenvalue weighted by Gasteiger charge is 2.11. The lowest BCUT2D eigenvalue weighted by molar-refractivity contribution is 0.385. The highest BCUT2D eigenvalue weighted by atomic mass is 19.1. The first-order chi connectivity index (χ1) is 9.51. The third-order valence-corrected chi connectivity index (χ3v) is 3.17. The average molecular weight is 277 g/mol. The standard InChI is InChI=1S/C16H17F2NO/c1-10-4-7-15(14(18)8-10)19-11(2)12-5-6-13(17)16(9-12)20-3/h4-9,11,19H,1-3H3. The van der Waals surface area contributed by atoms with Gasteiger partial charge < -0.3 is 10.1 Å². The molecule has 0 bridgehead atoms. The van der Waals surface area contributed by atoms with Gasteiger partial charge in [0.15, 0.2) is 11.6 Å². The Hall–Kier alpha value is -2.10. The quantitative estimate of drug-likeness (QED) is 0.891. The second kappa shape index (κ2) is 5.90. The molecular formula is C16H17F2NO. The second-order valence-electron chi connectivity index (χ2n) is 4.74. The molecule has 0 saturated carbocycles. The van der Waals surface area contributed by atoms with E-state index in [-0.39, 0.29) is 17.6 Å². The number of hydrogen-bond acceptors (Lipinski definition) is 2. The molecule has 4 heteroatoms. The minimum Gasteiger partial charge on any atom is -0.494 e. The number of anilines is 1. The molecule has 0 saturated heterocycles. The Morgan fingerprint density at radius 3 is 2.45 bits per heavy atom. The van der Waals surface area contributed by atoms with Crippen LogP contribution in [0.4, 0.5) is 14.5 Å². The first-order valence-corrected chi connectivity index (χ1v) is 6.37. The monoisotopic (exact) mass is 277 g/mol. The number of rotatable bonds is 4. The van der Waals surface area contributed by atoms with Crippen LogP contribution in [0.3, 0.4) is 0 Å². The molecule has 0 aromatic heterocycles. The van der Waals surface area contributed by atoms with Gasteiger partial charge in [0.2, 0.25) is 0 Å². The average Bonchev–Trinajstić information content (AvgIpc) is 2.42. The largest absolute Gasteiger partial charge is 0.494 e. The zero-order valence-corrected chi connectivity index (χ0v) is 11.7. The summed E-state index contributed by atoms with van der Waals surface area (Å²) in [7, 11) is 1.42. The third kappa shape index (κ3) is 3.07. The van der Waals surface area contributed by atoms with E-state index in [2.05, 4.69) is 5.32 Å². The van der Waals surface area contributed by atoms with Crippen molar-refractivity contribution in [3.05, 3.63) is 59.2 Å². The molecule has 1 N–H and O–H groups in total. The van der Waals surface area contributed by atoms with Gasteiger partial charge in [-0.3, -0.25) is 0 Å². The summed E-state index contributed by atoms with van der Waals surface area (Å²) in [5.74, 6) is -0.531. The Morgan fingerprint density at radius 1 is 1.05 bits per heavy atom. The van der Waals surface area contributed by atoms with Crippen molar-refractivity contribution in [2.24, 2.45) is 0 Å². The highest BCUT2D eigenvalue weighted by Crippen LogP contribution is 2.26. The van der Waals surface area contributed by atoms with E-state index in [0.717, 1.165) is 11.1 Å². The topological polar surface area (TPSA) is 21.3 Å². The molecular weight excluding hydrogens is 260 g/mol. The molecule has 0 aliphatic heterocycles. The molecule has 20 heavy (non-hydrogen) atoms. The van der Waals surface area contributed by atoms with E-state index < -0.39 is 5.82 Å². The Morgan fingerprint density at radius 2 is 1.80 bits per heavy atom. The van der Waals surface area contributed by atoms with Crippen LogP contribution in [-0.4, -0.2) is 7.11 Å². The first kappa shape index (κ1) is 14.3. The van der Waals surface area contributed by atoms with Gasteiger partial charge in [-0.25, -0.2) is 8.78 Å². The normalized spacial score (nSPS) is 12.1. The van der Waals surface area contributed by atoms with Crippen LogP contribution in [-0.2, 0) is 0 Å². The zero-order valence-electron chi connectivity index (χ0n) is 11.7. The van der Waals surface area contributed by atoms with Crippen LogP contribution in [0.15, 0.2) is 36.4 Å². The van der Waals surface area contributed by atoms with Gasteiger partial charge in [-0.1, -0.05) is 12.1 Å². The van der Waals surface area contributed by atoms with Gasteiger partial charge in [0.1, 0.15) is 5.82 Å². The van der Waals surface area contributed by atoms with Gasteiger partial charge >= 0.3 is 0 Å². The molecule has 0 fully saturated rings. The SMILES string of the molecule is COc1cc(C(C)Nc2ccc(C)cc2F)ccc1F. The van der Waals surface area contributed by atoms with Gasteiger partial charge in [0, 0.05) is 6.04 Å². The van der Waals surface area contributed by atoms with Crippen molar-refractivity contribution in [3.8, 4) is 5.75 Å². The van der Waals surface area contributed by atoms with Crippen LogP contribution < -0.4 is 10.1 Å². The number of benzene rings is 2. The third-order valence-electron chi connectivity index (χ3n) is 3.17. The predicted octanol–water partition coefficient (Wildman–Crippen LogP) is 4.45. The van der Waals surface area contributed by atoms with Crippen LogP contribution in [0.5, 0.6) is 5.75 Å². The van der Waals surface area contributed by atoms with Gasteiger partial charge in [0.25, 0.3) is 0 Å². The minimum atomic E-state index is -0.412. The maximum absolute atomic E-state index is 13.8. The summed E-state index contributed by atoms with van der Waals surface area (Å²) in [4.78, 5) is 0. The van der Waals surface area contributed by atoms with Crippen LogP contribution in [0.25, 0.3) is 0 Å². The van der Waals surface area contributed by atoms with Crippen LogP contribution >= 0.6 is 0 Å². The summed E-state index contributed by atoms with van der Waals surface area (Å²) in [6.07, 6.45) is 0. The molecule has 106 valence electrons. The number of aryl methyl sites for hydroxylation is 1.